The monoisotopic (exact) mass is 446 g/mol. The van der Waals surface area contributed by atoms with Crippen molar-refractivity contribution in [3.05, 3.63) is 89.8 Å². The van der Waals surface area contributed by atoms with Gasteiger partial charge in [-0.25, -0.2) is 10.2 Å². The highest BCUT2D eigenvalue weighted by molar-refractivity contribution is 5.90. The molecule has 0 aliphatic rings. The second-order valence-electron chi connectivity index (χ2n) is 8.64. The summed E-state index contributed by atoms with van der Waals surface area (Å²) in [6.07, 6.45) is 9.01. The predicted octanol–water partition coefficient (Wildman–Crippen LogP) is 4.85. The van der Waals surface area contributed by atoms with E-state index in [4.69, 9.17) is 9.57 Å². The molecule has 1 atom stereocenters. The van der Waals surface area contributed by atoms with E-state index in [0.717, 1.165) is 16.9 Å². The lowest BCUT2D eigenvalue weighted by atomic mass is 9.86. The van der Waals surface area contributed by atoms with E-state index in [1.807, 2.05) is 53.3 Å². The Balaban J connectivity index is 1.57. The number of allylic oxidation sites excluding steroid dienone is 1. The van der Waals surface area contributed by atoms with Crippen molar-refractivity contribution in [2.75, 3.05) is 7.11 Å². The molecule has 0 fully saturated rings. The minimum atomic E-state index is -0.380. The minimum absolute atomic E-state index is 0.00554. The van der Waals surface area contributed by atoms with E-state index in [-0.39, 0.29) is 24.0 Å². The van der Waals surface area contributed by atoms with Gasteiger partial charge >= 0.3 is 0 Å². The maximum Gasteiger partial charge on any atom is 0.267 e. The van der Waals surface area contributed by atoms with Crippen molar-refractivity contribution in [3.63, 3.8) is 0 Å². The molecule has 0 bridgehead atoms. The molecule has 33 heavy (non-hydrogen) atoms. The number of hydrogen-bond donors (Lipinski definition) is 1. The van der Waals surface area contributed by atoms with Gasteiger partial charge in [-0.3, -0.25) is 9.63 Å². The van der Waals surface area contributed by atoms with Crippen LogP contribution >= 0.6 is 0 Å². The van der Waals surface area contributed by atoms with Crippen LogP contribution in [0.15, 0.2) is 72.9 Å². The van der Waals surface area contributed by atoms with Crippen LogP contribution in [0.4, 0.5) is 0 Å². The number of methoxy groups -OCH3 is 1. The molecule has 0 radical (unpaired) electrons. The van der Waals surface area contributed by atoms with Gasteiger partial charge in [0.15, 0.2) is 0 Å². The molecular weight excluding hydrogens is 416 g/mol. The van der Waals surface area contributed by atoms with E-state index in [0.29, 0.717) is 5.69 Å². The zero-order valence-corrected chi connectivity index (χ0v) is 19.4. The fourth-order valence-electron chi connectivity index (χ4n) is 3.15. The van der Waals surface area contributed by atoms with Gasteiger partial charge in [-0.2, -0.15) is 0 Å². The number of nitrogens with zero attached hydrogens (tertiary/aromatic N) is 3. The third-order valence-electron chi connectivity index (χ3n) is 4.95. The maximum atomic E-state index is 12.1. The second kappa shape index (κ2) is 11.2. The van der Waals surface area contributed by atoms with Crippen LogP contribution in [0.1, 0.15) is 43.6 Å². The number of carbonyl (C=O) groups is 1. The largest absolute Gasteiger partial charge is 0.497 e. The summed E-state index contributed by atoms with van der Waals surface area (Å²) in [7, 11) is 1.61. The van der Waals surface area contributed by atoms with E-state index < -0.39 is 0 Å². The van der Waals surface area contributed by atoms with Crippen molar-refractivity contribution >= 4 is 18.1 Å². The number of carbonyl (C=O) groups excluding carboxylic acids is 1. The Labute approximate surface area is 194 Å². The Morgan fingerprint density at radius 1 is 1.09 bits per heavy atom. The minimum Gasteiger partial charge on any atom is -0.497 e. The Bertz CT molecular complexity index is 1080. The van der Waals surface area contributed by atoms with E-state index in [1.54, 1.807) is 13.2 Å². The van der Waals surface area contributed by atoms with Gasteiger partial charge < -0.3 is 4.74 Å². The molecule has 0 aliphatic carbocycles. The summed E-state index contributed by atoms with van der Waals surface area (Å²) in [6.45, 7) is 6.70. The Kier molecular flexibility index (Phi) is 8.16. The van der Waals surface area contributed by atoms with Gasteiger partial charge in [-0.05, 0) is 34.8 Å². The second-order valence-corrected chi connectivity index (χ2v) is 8.64. The van der Waals surface area contributed by atoms with Crippen molar-refractivity contribution in [1.29, 1.82) is 0 Å². The van der Waals surface area contributed by atoms with Crippen molar-refractivity contribution in [1.82, 2.24) is 20.5 Å². The Morgan fingerprint density at radius 2 is 1.82 bits per heavy atom. The van der Waals surface area contributed by atoms with Crippen LogP contribution in [0.2, 0.25) is 0 Å². The van der Waals surface area contributed by atoms with Crippen LogP contribution in [0.5, 0.6) is 5.75 Å². The number of hydrogen-bond acceptors (Lipinski definition) is 5. The molecule has 0 aliphatic heterocycles. The van der Waals surface area contributed by atoms with Crippen LogP contribution in [0, 0.1) is 5.41 Å². The fraction of sp³-hybridized carbons (Fsp3) is 0.269. The number of hydroxylamine groups is 1. The Hall–Kier alpha value is -3.71. The number of benzene rings is 2. The van der Waals surface area contributed by atoms with Crippen LogP contribution in [-0.4, -0.2) is 28.0 Å². The summed E-state index contributed by atoms with van der Waals surface area (Å²) in [5.41, 5.74) is 4.95. The van der Waals surface area contributed by atoms with Gasteiger partial charge in [0.2, 0.25) is 0 Å². The molecule has 7 heteroatoms. The van der Waals surface area contributed by atoms with Crippen molar-refractivity contribution in [2.45, 2.75) is 33.4 Å². The number of ether oxygens (including phenoxy) is 1. The SMILES string of the molecule is COc1ccc(CONC(=O)/C=C/c2cn(C(/C=C/c3ccccc3)C(C)(C)C)nn2)cc1. The summed E-state index contributed by atoms with van der Waals surface area (Å²) in [5, 5.41) is 8.46. The maximum absolute atomic E-state index is 12.1. The average molecular weight is 447 g/mol. The zero-order chi connectivity index (χ0) is 23.7. The first-order valence-electron chi connectivity index (χ1n) is 10.7. The summed E-state index contributed by atoms with van der Waals surface area (Å²) in [4.78, 5) is 17.3. The summed E-state index contributed by atoms with van der Waals surface area (Å²) >= 11 is 0. The number of aromatic nitrogens is 3. The predicted molar refractivity (Wildman–Crippen MR) is 129 cm³/mol. The highest BCUT2D eigenvalue weighted by Crippen LogP contribution is 2.31. The van der Waals surface area contributed by atoms with Crippen LogP contribution in [-0.2, 0) is 16.2 Å². The van der Waals surface area contributed by atoms with Gasteiger partial charge in [0.25, 0.3) is 5.91 Å². The highest BCUT2D eigenvalue weighted by Gasteiger charge is 2.25. The van der Waals surface area contributed by atoms with Gasteiger partial charge in [-0.1, -0.05) is 80.6 Å². The number of amides is 1. The van der Waals surface area contributed by atoms with Crippen LogP contribution < -0.4 is 10.2 Å². The smallest absolute Gasteiger partial charge is 0.267 e. The first kappa shape index (κ1) is 23.9. The van der Waals surface area contributed by atoms with Crippen molar-refractivity contribution in [3.8, 4) is 5.75 Å². The average Bonchev–Trinajstić information content (AvgIpc) is 3.26. The van der Waals surface area contributed by atoms with E-state index >= 15 is 0 Å². The Morgan fingerprint density at radius 3 is 2.48 bits per heavy atom. The number of nitrogens with one attached hydrogen (secondary N) is 1. The van der Waals surface area contributed by atoms with Gasteiger partial charge in [0, 0.05) is 6.08 Å². The lowest BCUT2D eigenvalue weighted by molar-refractivity contribution is -0.129. The molecule has 3 rings (SSSR count). The third-order valence-corrected chi connectivity index (χ3v) is 4.95. The molecule has 0 saturated heterocycles. The molecule has 1 unspecified atom stereocenters. The molecule has 7 nitrogen and oxygen atoms in total. The highest BCUT2D eigenvalue weighted by atomic mass is 16.6. The molecule has 1 heterocycles. The van der Waals surface area contributed by atoms with E-state index in [1.165, 1.54) is 6.08 Å². The molecule has 172 valence electrons. The quantitative estimate of drug-likeness (QED) is 0.376. The van der Waals surface area contributed by atoms with Gasteiger partial charge in [-0.15, -0.1) is 5.10 Å². The topological polar surface area (TPSA) is 78.3 Å². The molecule has 1 amide bonds. The number of rotatable bonds is 9. The van der Waals surface area contributed by atoms with Gasteiger partial charge in [0.05, 0.1) is 26.0 Å². The summed E-state index contributed by atoms with van der Waals surface area (Å²) in [5.74, 6) is 0.387. The van der Waals surface area contributed by atoms with E-state index in [2.05, 4.69) is 60.8 Å². The normalized spacial score (nSPS) is 12.8. The first-order chi connectivity index (χ1) is 15.8. The van der Waals surface area contributed by atoms with Crippen LogP contribution in [0.3, 0.4) is 0 Å². The zero-order valence-electron chi connectivity index (χ0n) is 19.4. The third kappa shape index (κ3) is 7.43. The molecular formula is C26H30N4O3. The molecule has 3 aromatic rings. The molecule has 2 aromatic carbocycles. The molecule has 1 aromatic heterocycles. The first-order valence-corrected chi connectivity index (χ1v) is 10.7. The lowest BCUT2D eigenvalue weighted by Crippen LogP contribution is -2.23. The lowest BCUT2D eigenvalue weighted by Gasteiger charge is -2.27. The molecule has 1 N–H and O–H groups in total. The molecule has 0 spiro atoms. The van der Waals surface area contributed by atoms with Gasteiger partial charge in [0.1, 0.15) is 11.4 Å². The molecule has 0 saturated carbocycles. The van der Waals surface area contributed by atoms with E-state index in [9.17, 15) is 4.79 Å². The fourth-order valence-corrected chi connectivity index (χ4v) is 3.15. The standard InChI is InChI=1S/C26H30N4O3/c1-26(2,3)24(16-12-20-8-6-5-7-9-20)30-18-22(27-29-30)13-17-25(31)28-33-19-21-10-14-23(32-4)15-11-21/h5-18,24H,19H2,1-4H3,(H,28,31)/b16-12+,17-13+. The summed E-state index contributed by atoms with van der Waals surface area (Å²) < 4.78 is 6.94. The summed E-state index contributed by atoms with van der Waals surface area (Å²) in [6, 6.07) is 17.5. The van der Waals surface area contributed by atoms with Crippen molar-refractivity contribution in [2.24, 2.45) is 5.41 Å². The van der Waals surface area contributed by atoms with Crippen LogP contribution in [0.25, 0.3) is 12.2 Å². The van der Waals surface area contributed by atoms with Crippen molar-refractivity contribution < 1.29 is 14.4 Å².